The predicted molar refractivity (Wildman–Crippen MR) is 75.2 cm³/mol. The molecule has 1 aliphatic rings. The van der Waals surface area contributed by atoms with Gasteiger partial charge in [-0.25, -0.2) is 0 Å². The number of hydrogen-bond donors (Lipinski definition) is 1. The molecule has 1 heterocycles. The number of hydrogen-bond acceptors (Lipinski definition) is 2. The van der Waals surface area contributed by atoms with Crippen LogP contribution in [0, 0.1) is 0 Å². The highest BCUT2D eigenvalue weighted by Gasteiger charge is 2.15. The molecule has 100 valence electrons. The lowest BCUT2D eigenvalue weighted by Gasteiger charge is -2.09. The van der Waals surface area contributed by atoms with Crippen LogP contribution in [-0.4, -0.2) is 5.11 Å². The van der Waals surface area contributed by atoms with Crippen molar-refractivity contribution >= 4 is 0 Å². The lowest BCUT2D eigenvalue weighted by molar-refractivity contribution is 0.148. The van der Waals surface area contributed by atoms with Crippen molar-refractivity contribution in [2.75, 3.05) is 0 Å². The van der Waals surface area contributed by atoms with E-state index in [9.17, 15) is 5.11 Å². The largest absolute Gasteiger partial charge is 0.463 e. The Morgan fingerprint density at radius 3 is 2.79 bits per heavy atom. The summed E-state index contributed by atoms with van der Waals surface area (Å²) in [5.41, 5.74) is 4.13. The van der Waals surface area contributed by atoms with Crippen molar-refractivity contribution in [2.45, 2.75) is 45.1 Å². The molecule has 0 amide bonds. The second kappa shape index (κ2) is 5.22. The standard InChI is InChI=1S/C17H20O2/c1-2-15-8-9-17(19-15)16(18)11-12-6-7-13-4-3-5-14(13)10-12/h6-10,16,18H,2-5,11H2,1H3. The van der Waals surface area contributed by atoms with Gasteiger partial charge in [-0.05, 0) is 48.1 Å². The maximum absolute atomic E-state index is 10.2. The van der Waals surface area contributed by atoms with E-state index in [0.717, 1.165) is 12.2 Å². The van der Waals surface area contributed by atoms with Crippen molar-refractivity contribution in [3.63, 3.8) is 0 Å². The average molecular weight is 256 g/mol. The van der Waals surface area contributed by atoms with Gasteiger partial charge in [-0.15, -0.1) is 0 Å². The number of furan rings is 1. The molecule has 0 aliphatic heterocycles. The Hall–Kier alpha value is -1.54. The predicted octanol–water partition coefficient (Wildman–Crippen LogP) is 3.61. The van der Waals surface area contributed by atoms with Crippen LogP contribution in [0.4, 0.5) is 0 Å². The maximum atomic E-state index is 10.2. The molecule has 2 heteroatoms. The number of aliphatic hydroxyl groups is 1. The summed E-state index contributed by atoms with van der Waals surface area (Å²) in [6.07, 6.45) is 4.60. The molecule has 0 saturated heterocycles. The molecular weight excluding hydrogens is 236 g/mol. The van der Waals surface area contributed by atoms with Crippen LogP contribution in [0.1, 0.15) is 47.7 Å². The van der Waals surface area contributed by atoms with Gasteiger partial charge in [0.25, 0.3) is 0 Å². The fourth-order valence-electron chi connectivity index (χ4n) is 2.84. The monoisotopic (exact) mass is 256 g/mol. The minimum atomic E-state index is -0.542. The van der Waals surface area contributed by atoms with Crippen LogP contribution < -0.4 is 0 Å². The van der Waals surface area contributed by atoms with Gasteiger partial charge in [0.2, 0.25) is 0 Å². The Morgan fingerprint density at radius 2 is 2.00 bits per heavy atom. The van der Waals surface area contributed by atoms with Crippen molar-refractivity contribution in [1.82, 2.24) is 0 Å². The molecule has 2 aromatic rings. The summed E-state index contributed by atoms with van der Waals surface area (Å²) in [6.45, 7) is 2.05. The molecule has 0 fully saturated rings. The molecule has 1 atom stereocenters. The second-order valence-corrected chi connectivity index (χ2v) is 5.33. The number of aliphatic hydroxyl groups excluding tert-OH is 1. The van der Waals surface area contributed by atoms with E-state index in [0.29, 0.717) is 12.2 Å². The van der Waals surface area contributed by atoms with Gasteiger partial charge in [0, 0.05) is 12.8 Å². The van der Waals surface area contributed by atoms with E-state index in [1.807, 2.05) is 12.1 Å². The van der Waals surface area contributed by atoms with Crippen LogP contribution in [0.3, 0.4) is 0 Å². The Balaban J connectivity index is 1.73. The van der Waals surface area contributed by atoms with Gasteiger partial charge >= 0.3 is 0 Å². The topological polar surface area (TPSA) is 33.4 Å². The van der Waals surface area contributed by atoms with E-state index >= 15 is 0 Å². The van der Waals surface area contributed by atoms with Crippen LogP contribution in [-0.2, 0) is 25.7 Å². The van der Waals surface area contributed by atoms with Crippen LogP contribution in [0.25, 0.3) is 0 Å². The molecule has 3 rings (SSSR count). The molecule has 0 saturated carbocycles. The maximum Gasteiger partial charge on any atom is 0.133 e. The summed E-state index contributed by atoms with van der Waals surface area (Å²) >= 11 is 0. The molecule has 0 spiro atoms. The molecule has 1 N–H and O–H groups in total. The van der Waals surface area contributed by atoms with Crippen molar-refractivity contribution in [3.05, 3.63) is 58.5 Å². The van der Waals surface area contributed by atoms with Gasteiger partial charge in [0.15, 0.2) is 0 Å². The molecule has 0 radical (unpaired) electrons. The first-order chi connectivity index (χ1) is 9.26. The highest BCUT2D eigenvalue weighted by Crippen LogP contribution is 2.26. The molecule has 1 aromatic heterocycles. The Bertz CT molecular complexity index is 568. The minimum Gasteiger partial charge on any atom is -0.463 e. The smallest absolute Gasteiger partial charge is 0.133 e. The first-order valence-electron chi connectivity index (χ1n) is 7.13. The minimum absolute atomic E-state index is 0.542. The van der Waals surface area contributed by atoms with E-state index < -0.39 is 6.10 Å². The summed E-state index contributed by atoms with van der Waals surface area (Å²) in [5.74, 6) is 1.61. The summed E-state index contributed by atoms with van der Waals surface area (Å²) < 4.78 is 5.61. The molecular formula is C17H20O2. The Kier molecular flexibility index (Phi) is 3.43. The summed E-state index contributed by atoms with van der Waals surface area (Å²) in [6, 6.07) is 10.4. The Morgan fingerprint density at radius 1 is 1.16 bits per heavy atom. The molecule has 19 heavy (non-hydrogen) atoms. The fourth-order valence-corrected chi connectivity index (χ4v) is 2.84. The van der Waals surface area contributed by atoms with Gasteiger partial charge in [0.1, 0.15) is 17.6 Å². The molecule has 2 nitrogen and oxygen atoms in total. The van der Waals surface area contributed by atoms with Crippen LogP contribution in [0.5, 0.6) is 0 Å². The van der Waals surface area contributed by atoms with E-state index in [1.165, 1.54) is 36.0 Å². The third-order valence-corrected chi connectivity index (χ3v) is 3.95. The average Bonchev–Trinajstić information content (AvgIpc) is 3.06. The van der Waals surface area contributed by atoms with E-state index in [4.69, 9.17) is 4.42 Å². The van der Waals surface area contributed by atoms with E-state index in [2.05, 4.69) is 25.1 Å². The zero-order valence-corrected chi connectivity index (χ0v) is 11.4. The zero-order valence-electron chi connectivity index (χ0n) is 11.4. The highest BCUT2D eigenvalue weighted by molar-refractivity contribution is 5.35. The lowest BCUT2D eigenvalue weighted by Crippen LogP contribution is -2.01. The first kappa shape index (κ1) is 12.5. The number of rotatable bonds is 4. The Labute approximate surface area is 114 Å². The molecule has 1 aromatic carbocycles. The summed E-state index contributed by atoms with van der Waals surface area (Å²) in [7, 11) is 0. The third-order valence-electron chi connectivity index (χ3n) is 3.95. The normalized spacial score (nSPS) is 15.5. The van der Waals surface area contributed by atoms with E-state index in [-0.39, 0.29) is 0 Å². The van der Waals surface area contributed by atoms with Crippen molar-refractivity contribution in [2.24, 2.45) is 0 Å². The summed E-state index contributed by atoms with van der Waals surface area (Å²) in [4.78, 5) is 0. The van der Waals surface area contributed by atoms with Gasteiger partial charge < -0.3 is 9.52 Å². The van der Waals surface area contributed by atoms with Crippen molar-refractivity contribution < 1.29 is 9.52 Å². The van der Waals surface area contributed by atoms with Gasteiger partial charge in [0.05, 0.1) is 0 Å². The van der Waals surface area contributed by atoms with Crippen LogP contribution in [0.15, 0.2) is 34.7 Å². The summed E-state index contributed by atoms with van der Waals surface area (Å²) in [5, 5.41) is 10.2. The van der Waals surface area contributed by atoms with Gasteiger partial charge in [-0.1, -0.05) is 25.1 Å². The number of benzene rings is 1. The van der Waals surface area contributed by atoms with Gasteiger partial charge in [-0.2, -0.15) is 0 Å². The molecule has 0 bridgehead atoms. The van der Waals surface area contributed by atoms with E-state index in [1.54, 1.807) is 0 Å². The quantitative estimate of drug-likeness (QED) is 0.906. The zero-order chi connectivity index (χ0) is 13.2. The fraction of sp³-hybridized carbons (Fsp3) is 0.412. The molecule has 1 aliphatic carbocycles. The second-order valence-electron chi connectivity index (χ2n) is 5.33. The third kappa shape index (κ3) is 2.59. The first-order valence-corrected chi connectivity index (χ1v) is 7.13. The van der Waals surface area contributed by atoms with Crippen molar-refractivity contribution in [1.29, 1.82) is 0 Å². The number of fused-ring (bicyclic) bond motifs is 1. The SMILES string of the molecule is CCc1ccc(C(O)Cc2ccc3c(c2)CCC3)o1. The van der Waals surface area contributed by atoms with Crippen LogP contribution in [0.2, 0.25) is 0 Å². The molecule has 1 unspecified atom stereocenters. The van der Waals surface area contributed by atoms with Gasteiger partial charge in [-0.3, -0.25) is 0 Å². The highest BCUT2D eigenvalue weighted by atomic mass is 16.4. The van der Waals surface area contributed by atoms with Crippen LogP contribution >= 0.6 is 0 Å². The van der Waals surface area contributed by atoms with Crippen molar-refractivity contribution in [3.8, 4) is 0 Å². The number of aryl methyl sites for hydroxylation is 3. The lowest BCUT2D eigenvalue weighted by atomic mass is 10.0.